The van der Waals surface area contributed by atoms with Crippen LogP contribution in [0.2, 0.25) is 0 Å². The predicted molar refractivity (Wildman–Crippen MR) is 107 cm³/mol. The van der Waals surface area contributed by atoms with Gasteiger partial charge in [0, 0.05) is 24.8 Å². The number of carbonyl (C=O) groups is 1. The van der Waals surface area contributed by atoms with Gasteiger partial charge in [-0.1, -0.05) is 26.0 Å². The summed E-state index contributed by atoms with van der Waals surface area (Å²) in [7, 11) is 0. The van der Waals surface area contributed by atoms with E-state index in [-0.39, 0.29) is 29.6 Å². The Labute approximate surface area is 165 Å². The normalized spacial score (nSPS) is 20.7. The second kappa shape index (κ2) is 7.49. The molecule has 148 valence electrons. The number of hydrogen-bond donors (Lipinski definition) is 1. The van der Waals surface area contributed by atoms with E-state index in [2.05, 4.69) is 29.0 Å². The van der Waals surface area contributed by atoms with Crippen molar-refractivity contribution in [1.82, 2.24) is 15.3 Å². The van der Waals surface area contributed by atoms with Crippen LogP contribution >= 0.6 is 0 Å². The molecule has 0 bridgehead atoms. The van der Waals surface area contributed by atoms with Crippen LogP contribution in [0.4, 0.5) is 10.3 Å². The van der Waals surface area contributed by atoms with Crippen molar-refractivity contribution < 1.29 is 9.18 Å². The molecule has 1 amide bonds. The highest BCUT2D eigenvalue weighted by Gasteiger charge is 2.35. The standard InChI is InChI=1S/C22H27FN4O/c1-22(2)12-18(25-20(28)11-15-5-7-16(23)8-6-15)17-14-24-21(26-19(17)13-22)27-9-3-4-10-27/h5-8,14,18H,3-4,9-13H2,1-2H3,(H,25,28). The topological polar surface area (TPSA) is 58.1 Å². The van der Waals surface area contributed by atoms with Crippen molar-refractivity contribution in [1.29, 1.82) is 0 Å². The number of halogens is 1. The maximum Gasteiger partial charge on any atom is 0.225 e. The lowest BCUT2D eigenvalue weighted by atomic mass is 9.74. The Balaban J connectivity index is 1.52. The van der Waals surface area contributed by atoms with Crippen LogP contribution in [0.1, 0.15) is 56.0 Å². The van der Waals surface area contributed by atoms with E-state index < -0.39 is 0 Å². The molecule has 1 aromatic heterocycles. The van der Waals surface area contributed by atoms with Gasteiger partial charge in [-0.2, -0.15) is 0 Å². The first-order valence-corrected chi connectivity index (χ1v) is 10.0. The zero-order valence-electron chi connectivity index (χ0n) is 16.5. The molecule has 0 spiro atoms. The molecule has 1 saturated heterocycles. The fraction of sp³-hybridized carbons (Fsp3) is 0.500. The van der Waals surface area contributed by atoms with Gasteiger partial charge in [-0.25, -0.2) is 14.4 Å². The average Bonchev–Trinajstić information content (AvgIpc) is 3.17. The molecule has 5 nitrogen and oxygen atoms in total. The number of fused-ring (bicyclic) bond motifs is 1. The molecule has 1 fully saturated rings. The van der Waals surface area contributed by atoms with E-state index in [1.807, 2.05) is 6.20 Å². The summed E-state index contributed by atoms with van der Waals surface area (Å²) in [5, 5.41) is 3.16. The molecule has 2 aromatic rings. The highest BCUT2D eigenvalue weighted by molar-refractivity contribution is 5.79. The summed E-state index contributed by atoms with van der Waals surface area (Å²) >= 11 is 0. The predicted octanol–water partition coefficient (Wildman–Crippen LogP) is 3.59. The van der Waals surface area contributed by atoms with E-state index in [9.17, 15) is 9.18 Å². The third-order valence-electron chi connectivity index (χ3n) is 5.67. The Hall–Kier alpha value is -2.50. The number of carbonyl (C=O) groups excluding carboxylic acids is 1. The minimum atomic E-state index is -0.293. The van der Waals surface area contributed by atoms with Gasteiger partial charge in [0.1, 0.15) is 5.82 Å². The summed E-state index contributed by atoms with van der Waals surface area (Å²) in [6, 6.07) is 5.97. The third kappa shape index (κ3) is 4.16. The molecule has 28 heavy (non-hydrogen) atoms. The number of nitrogens with zero attached hydrogens (tertiary/aromatic N) is 3. The third-order valence-corrected chi connectivity index (χ3v) is 5.67. The Morgan fingerprint density at radius 1 is 1.25 bits per heavy atom. The summed E-state index contributed by atoms with van der Waals surface area (Å²) < 4.78 is 13.1. The number of rotatable bonds is 4. The Morgan fingerprint density at radius 2 is 1.96 bits per heavy atom. The van der Waals surface area contributed by atoms with Crippen molar-refractivity contribution in [2.75, 3.05) is 18.0 Å². The highest BCUT2D eigenvalue weighted by Crippen LogP contribution is 2.40. The van der Waals surface area contributed by atoms with Crippen LogP contribution in [0.25, 0.3) is 0 Å². The van der Waals surface area contributed by atoms with Crippen LogP contribution in [0.5, 0.6) is 0 Å². The Bertz CT molecular complexity index is 859. The average molecular weight is 382 g/mol. The van der Waals surface area contributed by atoms with Gasteiger partial charge in [-0.3, -0.25) is 4.79 Å². The van der Waals surface area contributed by atoms with Crippen molar-refractivity contribution in [2.24, 2.45) is 5.41 Å². The molecule has 1 aromatic carbocycles. The van der Waals surface area contributed by atoms with Crippen LogP contribution in [0.15, 0.2) is 30.5 Å². The number of benzene rings is 1. The van der Waals surface area contributed by atoms with Crippen LogP contribution in [0, 0.1) is 11.2 Å². The summed E-state index contributed by atoms with van der Waals surface area (Å²) in [5.74, 6) is 0.451. The van der Waals surface area contributed by atoms with Crippen molar-refractivity contribution in [3.05, 3.63) is 53.1 Å². The second-order valence-corrected chi connectivity index (χ2v) is 8.73. The lowest BCUT2D eigenvalue weighted by Gasteiger charge is -2.36. The molecule has 4 rings (SSSR count). The highest BCUT2D eigenvalue weighted by atomic mass is 19.1. The van der Waals surface area contributed by atoms with Gasteiger partial charge in [-0.05, 0) is 48.8 Å². The number of nitrogens with one attached hydrogen (secondary N) is 1. The second-order valence-electron chi connectivity index (χ2n) is 8.73. The van der Waals surface area contributed by atoms with E-state index in [0.29, 0.717) is 0 Å². The molecule has 1 aliphatic carbocycles. The molecule has 1 atom stereocenters. The van der Waals surface area contributed by atoms with Gasteiger partial charge in [0.05, 0.1) is 18.2 Å². The molecule has 1 N–H and O–H groups in total. The van der Waals surface area contributed by atoms with Crippen LogP contribution in [-0.2, 0) is 17.6 Å². The molecular weight excluding hydrogens is 355 g/mol. The SMILES string of the molecule is CC1(C)Cc2nc(N3CCCC3)ncc2C(NC(=O)Cc2ccc(F)cc2)C1. The van der Waals surface area contributed by atoms with E-state index in [1.54, 1.807) is 12.1 Å². The zero-order chi connectivity index (χ0) is 19.7. The van der Waals surface area contributed by atoms with Crippen LogP contribution in [-0.4, -0.2) is 29.0 Å². The van der Waals surface area contributed by atoms with Crippen LogP contribution in [0.3, 0.4) is 0 Å². The largest absolute Gasteiger partial charge is 0.349 e. The first-order valence-electron chi connectivity index (χ1n) is 10.0. The number of hydrogen-bond acceptors (Lipinski definition) is 4. The monoisotopic (exact) mass is 382 g/mol. The molecule has 6 heteroatoms. The maximum absolute atomic E-state index is 13.1. The fourth-order valence-corrected chi connectivity index (χ4v) is 4.27. The van der Waals surface area contributed by atoms with Crippen molar-refractivity contribution in [2.45, 2.75) is 52.0 Å². The lowest BCUT2D eigenvalue weighted by molar-refractivity contribution is -0.121. The number of amides is 1. The van der Waals surface area contributed by atoms with Crippen LogP contribution < -0.4 is 10.2 Å². The van der Waals surface area contributed by atoms with Crippen molar-refractivity contribution in [3.8, 4) is 0 Å². The van der Waals surface area contributed by atoms with Gasteiger partial charge >= 0.3 is 0 Å². The van der Waals surface area contributed by atoms with Crippen molar-refractivity contribution in [3.63, 3.8) is 0 Å². The van der Waals surface area contributed by atoms with Gasteiger partial charge in [-0.15, -0.1) is 0 Å². The van der Waals surface area contributed by atoms with E-state index in [1.165, 1.54) is 25.0 Å². The van der Waals surface area contributed by atoms with E-state index in [4.69, 9.17) is 4.98 Å². The molecule has 2 heterocycles. The molecule has 0 saturated carbocycles. The maximum atomic E-state index is 13.1. The molecule has 1 unspecified atom stereocenters. The van der Waals surface area contributed by atoms with Gasteiger partial charge in [0.15, 0.2) is 0 Å². The van der Waals surface area contributed by atoms with Gasteiger partial charge in [0.25, 0.3) is 0 Å². The molecule has 0 radical (unpaired) electrons. The molecule has 1 aliphatic heterocycles. The Kier molecular flexibility index (Phi) is 5.04. The first-order chi connectivity index (χ1) is 13.4. The van der Waals surface area contributed by atoms with Gasteiger partial charge < -0.3 is 10.2 Å². The Morgan fingerprint density at radius 3 is 2.68 bits per heavy atom. The van der Waals surface area contributed by atoms with E-state index in [0.717, 1.165) is 48.7 Å². The summed E-state index contributed by atoms with van der Waals surface area (Å²) in [6.45, 7) is 6.46. The summed E-state index contributed by atoms with van der Waals surface area (Å²) in [4.78, 5) is 24.3. The fourth-order valence-electron chi connectivity index (χ4n) is 4.27. The van der Waals surface area contributed by atoms with E-state index >= 15 is 0 Å². The number of aromatic nitrogens is 2. The van der Waals surface area contributed by atoms with Gasteiger partial charge in [0.2, 0.25) is 11.9 Å². The summed E-state index contributed by atoms with van der Waals surface area (Å²) in [6.07, 6.45) is 6.24. The lowest BCUT2D eigenvalue weighted by Crippen LogP contribution is -2.38. The smallest absolute Gasteiger partial charge is 0.225 e. The zero-order valence-corrected chi connectivity index (χ0v) is 16.5. The molecule has 2 aliphatic rings. The minimum Gasteiger partial charge on any atom is -0.349 e. The number of anilines is 1. The first kappa shape index (κ1) is 18.8. The minimum absolute atomic E-state index is 0.0530. The van der Waals surface area contributed by atoms with Crippen molar-refractivity contribution >= 4 is 11.9 Å². The quantitative estimate of drug-likeness (QED) is 0.878. The molecular formula is C22H27FN4O. The summed E-state index contributed by atoms with van der Waals surface area (Å²) in [5.41, 5.74) is 2.92.